The highest BCUT2D eigenvalue weighted by atomic mass is 16.5. The van der Waals surface area contributed by atoms with Gasteiger partial charge in [0.2, 0.25) is 0 Å². The van der Waals surface area contributed by atoms with Gasteiger partial charge in [-0.05, 0) is 42.0 Å². The van der Waals surface area contributed by atoms with Crippen molar-refractivity contribution in [3.05, 3.63) is 97.1 Å². The lowest BCUT2D eigenvalue weighted by Gasteiger charge is -2.15. The number of aryl methyl sites for hydroxylation is 1. The Bertz CT molecular complexity index is 1670. The lowest BCUT2D eigenvalue weighted by Crippen LogP contribution is -2.07. The van der Waals surface area contributed by atoms with Gasteiger partial charge >= 0.3 is 0 Å². The zero-order chi connectivity index (χ0) is 24.5. The standard InChI is InChI=1S/C30H25N3O3/c1-20-28(15-21-7-5-6-10-25(21)32-20)36-27-11-12-31-26-17-30(29(34-2)16-24(26)27)35-14-13-33-18-22-8-3-4-9-23(22)19-33/h3-12,15-19H,13-14H2,1-2H3. The van der Waals surface area contributed by atoms with E-state index in [1.54, 1.807) is 13.3 Å². The molecule has 0 saturated carbocycles. The fourth-order valence-corrected chi connectivity index (χ4v) is 4.44. The van der Waals surface area contributed by atoms with Crippen molar-refractivity contribution in [3.8, 4) is 23.0 Å². The average Bonchev–Trinajstić information content (AvgIpc) is 3.32. The third-order valence-corrected chi connectivity index (χ3v) is 6.29. The molecule has 0 aliphatic carbocycles. The molecule has 0 fully saturated rings. The van der Waals surface area contributed by atoms with Crippen molar-refractivity contribution in [1.29, 1.82) is 0 Å². The van der Waals surface area contributed by atoms with Gasteiger partial charge in [-0.15, -0.1) is 0 Å². The first-order chi connectivity index (χ1) is 17.7. The van der Waals surface area contributed by atoms with E-state index in [9.17, 15) is 0 Å². The monoisotopic (exact) mass is 475 g/mol. The van der Waals surface area contributed by atoms with Gasteiger partial charge in [-0.1, -0.05) is 42.5 Å². The lowest BCUT2D eigenvalue weighted by atomic mass is 10.1. The van der Waals surface area contributed by atoms with Gasteiger partial charge in [-0.3, -0.25) is 4.98 Å². The number of nitrogens with zero attached hydrogens (tertiary/aromatic N) is 3. The van der Waals surface area contributed by atoms with Gasteiger partial charge in [0.05, 0.1) is 30.4 Å². The third kappa shape index (κ3) is 4.18. The number of aromatic nitrogens is 3. The number of ether oxygens (including phenoxy) is 3. The van der Waals surface area contributed by atoms with E-state index in [2.05, 4.69) is 39.1 Å². The van der Waals surface area contributed by atoms with Gasteiger partial charge in [-0.2, -0.15) is 0 Å². The number of methoxy groups -OCH3 is 1. The van der Waals surface area contributed by atoms with Crippen LogP contribution in [0.3, 0.4) is 0 Å². The Morgan fingerprint density at radius 3 is 2.28 bits per heavy atom. The summed E-state index contributed by atoms with van der Waals surface area (Å²) in [5.41, 5.74) is 2.53. The van der Waals surface area contributed by atoms with Crippen molar-refractivity contribution < 1.29 is 14.2 Å². The van der Waals surface area contributed by atoms with Crippen LogP contribution < -0.4 is 14.2 Å². The average molecular weight is 476 g/mol. The second-order valence-corrected chi connectivity index (χ2v) is 8.67. The lowest BCUT2D eigenvalue weighted by molar-refractivity contribution is 0.280. The maximum atomic E-state index is 6.34. The molecule has 0 N–H and O–H groups in total. The number of hydrogen-bond donors (Lipinski definition) is 0. The molecule has 0 unspecified atom stereocenters. The minimum atomic E-state index is 0.501. The highest BCUT2D eigenvalue weighted by molar-refractivity contribution is 5.89. The highest BCUT2D eigenvalue weighted by Crippen LogP contribution is 2.38. The van der Waals surface area contributed by atoms with Crippen molar-refractivity contribution >= 4 is 32.6 Å². The fraction of sp³-hybridized carbons (Fsp3) is 0.133. The van der Waals surface area contributed by atoms with Gasteiger partial charge < -0.3 is 18.8 Å². The molecule has 3 aromatic carbocycles. The summed E-state index contributed by atoms with van der Waals surface area (Å²) in [5, 5.41) is 4.30. The van der Waals surface area contributed by atoms with Crippen molar-refractivity contribution in [2.45, 2.75) is 13.5 Å². The third-order valence-electron chi connectivity index (χ3n) is 6.29. The van der Waals surface area contributed by atoms with Crippen LogP contribution in [0.25, 0.3) is 32.6 Å². The summed E-state index contributed by atoms with van der Waals surface area (Å²) in [6.07, 6.45) is 6.00. The zero-order valence-electron chi connectivity index (χ0n) is 20.1. The van der Waals surface area contributed by atoms with Gasteiger partial charge in [-0.25, -0.2) is 4.98 Å². The quantitative estimate of drug-likeness (QED) is 0.251. The van der Waals surface area contributed by atoms with Crippen molar-refractivity contribution in [2.24, 2.45) is 0 Å². The Kier molecular flexibility index (Phi) is 5.62. The molecular formula is C30H25N3O3. The van der Waals surface area contributed by atoms with Crippen LogP contribution in [-0.4, -0.2) is 28.3 Å². The number of hydrogen-bond acceptors (Lipinski definition) is 5. The van der Waals surface area contributed by atoms with E-state index >= 15 is 0 Å². The molecule has 0 bridgehead atoms. The van der Waals surface area contributed by atoms with Crippen LogP contribution in [0.2, 0.25) is 0 Å². The van der Waals surface area contributed by atoms with Crippen LogP contribution in [0.1, 0.15) is 5.69 Å². The van der Waals surface area contributed by atoms with Crippen LogP contribution in [0.15, 0.2) is 91.4 Å². The molecule has 0 radical (unpaired) electrons. The second kappa shape index (κ2) is 9.23. The molecule has 6 aromatic rings. The van der Waals surface area contributed by atoms with Gasteiger partial charge in [0.15, 0.2) is 11.5 Å². The molecule has 0 aliphatic heterocycles. The van der Waals surface area contributed by atoms with Crippen LogP contribution >= 0.6 is 0 Å². The first kappa shape index (κ1) is 21.9. The van der Waals surface area contributed by atoms with E-state index in [0.29, 0.717) is 29.6 Å². The summed E-state index contributed by atoms with van der Waals surface area (Å²) in [6, 6.07) is 24.0. The Hall–Kier alpha value is -4.58. The van der Waals surface area contributed by atoms with Crippen LogP contribution in [-0.2, 0) is 6.54 Å². The Morgan fingerprint density at radius 1 is 0.750 bits per heavy atom. The second-order valence-electron chi connectivity index (χ2n) is 8.67. The largest absolute Gasteiger partial charge is 0.493 e. The van der Waals surface area contributed by atoms with Crippen LogP contribution in [0.5, 0.6) is 23.0 Å². The molecule has 0 saturated heterocycles. The summed E-state index contributed by atoms with van der Waals surface area (Å²) >= 11 is 0. The molecule has 178 valence electrons. The van der Waals surface area contributed by atoms with Crippen LogP contribution in [0.4, 0.5) is 0 Å². The van der Waals surface area contributed by atoms with Gasteiger partial charge in [0.25, 0.3) is 0 Å². The number of pyridine rings is 2. The maximum Gasteiger partial charge on any atom is 0.163 e. The summed E-state index contributed by atoms with van der Waals surface area (Å²) in [4.78, 5) is 9.24. The first-order valence-corrected chi connectivity index (χ1v) is 11.9. The SMILES string of the molecule is COc1cc2c(Oc3cc4ccccc4nc3C)ccnc2cc1OCCn1cc2ccccc2c1. The molecule has 0 aliphatic rings. The first-order valence-electron chi connectivity index (χ1n) is 11.9. The molecule has 0 amide bonds. The van der Waals surface area contributed by atoms with E-state index < -0.39 is 0 Å². The normalized spacial score (nSPS) is 11.3. The van der Waals surface area contributed by atoms with Crippen molar-refractivity contribution in [3.63, 3.8) is 0 Å². The molecule has 6 nitrogen and oxygen atoms in total. The number of fused-ring (bicyclic) bond motifs is 3. The number of benzene rings is 3. The molecule has 3 heterocycles. The summed E-state index contributed by atoms with van der Waals surface area (Å²) in [5.74, 6) is 2.67. The van der Waals surface area contributed by atoms with Crippen LogP contribution in [0, 0.1) is 6.92 Å². The maximum absolute atomic E-state index is 6.34. The molecular weight excluding hydrogens is 450 g/mol. The molecule has 3 aromatic heterocycles. The Balaban J connectivity index is 1.26. The fourth-order valence-electron chi connectivity index (χ4n) is 4.44. The molecule has 36 heavy (non-hydrogen) atoms. The zero-order valence-corrected chi connectivity index (χ0v) is 20.1. The summed E-state index contributed by atoms with van der Waals surface area (Å²) < 4.78 is 20.3. The summed E-state index contributed by atoms with van der Waals surface area (Å²) in [7, 11) is 1.64. The van der Waals surface area contributed by atoms with Crippen molar-refractivity contribution in [2.75, 3.05) is 13.7 Å². The van der Waals surface area contributed by atoms with E-state index in [-0.39, 0.29) is 0 Å². The van der Waals surface area contributed by atoms with E-state index in [1.807, 2.05) is 67.6 Å². The van der Waals surface area contributed by atoms with E-state index in [0.717, 1.165) is 34.0 Å². The minimum Gasteiger partial charge on any atom is -0.493 e. The van der Waals surface area contributed by atoms with Crippen molar-refractivity contribution in [1.82, 2.24) is 14.5 Å². The Morgan fingerprint density at radius 2 is 1.50 bits per heavy atom. The number of para-hydroxylation sites is 1. The molecule has 6 rings (SSSR count). The minimum absolute atomic E-state index is 0.501. The highest BCUT2D eigenvalue weighted by Gasteiger charge is 2.14. The van der Waals surface area contributed by atoms with Gasteiger partial charge in [0, 0.05) is 35.4 Å². The smallest absolute Gasteiger partial charge is 0.163 e. The van der Waals surface area contributed by atoms with E-state index in [1.165, 1.54) is 10.8 Å². The summed E-state index contributed by atoms with van der Waals surface area (Å²) in [6.45, 7) is 3.17. The van der Waals surface area contributed by atoms with E-state index in [4.69, 9.17) is 14.2 Å². The Labute approximate surface area is 208 Å². The van der Waals surface area contributed by atoms with Gasteiger partial charge in [0.1, 0.15) is 18.1 Å². The molecule has 6 heteroatoms. The number of rotatable bonds is 7. The predicted molar refractivity (Wildman–Crippen MR) is 142 cm³/mol. The predicted octanol–water partition coefficient (Wildman–Crippen LogP) is 6.93. The topological polar surface area (TPSA) is 58.4 Å². The molecule has 0 spiro atoms. The molecule has 0 atom stereocenters.